The normalized spacial score (nSPS) is 13.3. The third kappa shape index (κ3) is 5.06. The van der Waals surface area contributed by atoms with E-state index in [0.717, 1.165) is 9.87 Å². The minimum atomic E-state index is -3.90. The lowest BCUT2D eigenvalue weighted by Gasteiger charge is -2.26. The molecule has 1 aromatic carbocycles. The molecule has 1 rings (SSSR count). The molecule has 0 saturated carbocycles. The third-order valence-corrected chi connectivity index (χ3v) is 5.21. The van der Waals surface area contributed by atoms with Gasteiger partial charge in [0.25, 0.3) is 10.0 Å². The zero-order valence-corrected chi connectivity index (χ0v) is 15.0. The Hall–Kier alpha value is -1.88. The number of rotatable bonds is 7. The van der Waals surface area contributed by atoms with Crippen LogP contribution in [0.25, 0.3) is 0 Å². The standard InChI is InChI=1S/C18H25NO3S/c1-6-7-18(20)19(16(5)11-8-14(2)3)23(21,22)17-12-9-15(4)10-13-17/h6,8-14,16H,1,7H2,2-5H3/b11-8+. The molecule has 0 heterocycles. The summed E-state index contributed by atoms with van der Waals surface area (Å²) in [6.45, 7) is 11.1. The van der Waals surface area contributed by atoms with E-state index in [4.69, 9.17) is 0 Å². The van der Waals surface area contributed by atoms with Gasteiger partial charge in [-0.15, -0.1) is 6.58 Å². The van der Waals surface area contributed by atoms with E-state index in [1.165, 1.54) is 18.2 Å². The Morgan fingerprint density at radius 1 is 1.17 bits per heavy atom. The summed E-state index contributed by atoms with van der Waals surface area (Å²) < 4.78 is 26.7. The first-order valence-electron chi connectivity index (χ1n) is 7.63. The average molecular weight is 335 g/mol. The predicted molar refractivity (Wildman–Crippen MR) is 93.5 cm³/mol. The van der Waals surface area contributed by atoms with Gasteiger partial charge in [-0.2, -0.15) is 0 Å². The topological polar surface area (TPSA) is 54.5 Å². The second-order valence-electron chi connectivity index (χ2n) is 5.87. The number of hydrogen-bond donors (Lipinski definition) is 0. The summed E-state index contributed by atoms with van der Waals surface area (Å²) in [4.78, 5) is 12.5. The van der Waals surface area contributed by atoms with Gasteiger partial charge >= 0.3 is 0 Å². The summed E-state index contributed by atoms with van der Waals surface area (Å²) in [6, 6.07) is 5.93. The Bertz CT molecular complexity index is 673. The lowest BCUT2D eigenvalue weighted by molar-refractivity contribution is -0.126. The highest BCUT2D eigenvalue weighted by Crippen LogP contribution is 2.21. The second-order valence-corrected chi connectivity index (χ2v) is 7.68. The molecule has 0 saturated heterocycles. The minimum absolute atomic E-state index is 0.0229. The molecule has 0 N–H and O–H groups in total. The number of benzene rings is 1. The van der Waals surface area contributed by atoms with Gasteiger partial charge in [-0.05, 0) is 31.9 Å². The molecule has 0 aliphatic rings. The molecule has 126 valence electrons. The Labute approximate surface area is 139 Å². The number of allylic oxidation sites excluding steroid dienone is 1. The summed E-state index contributed by atoms with van der Waals surface area (Å²) in [5, 5.41) is 0. The Morgan fingerprint density at radius 2 is 1.74 bits per heavy atom. The van der Waals surface area contributed by atoms with Crippen molar-refractivity contribution in [2.45, 2.75) is 45.1 Å². The Morgan fingerprint density at radius 3 is 2.22 bits per heavy atom. The fraction of sp³-hybridized carbons (Fsp3) is 0.389. The highest BCUT2D eigenvalue weighted by Gasteiger charge is 2.31. The maximum atomic E-state index is 12.9. The van der Waals surface area contributed by atoms with Crippen molar-refractivity contribution < 1.29 is 13.2 Å². The van der Waals surface area contributed by atoms with Crippen molar-refractivity contribution in [1.82, 2.24) is 4.31 Å². The Kier molecular flexibility index (Phi) is 6.76. The second kappa shape index (κ2) is 8.11. The average Bonchev–Trinajstić information content (AvgIpc) is 2.45. The number of carbonyl (C=O) groups is 1. The molecule has 0 aromatic heterocycles. The van der Waals surface area contributed by atoms with Crippen LogP contribution < -0.4 is 0 Å². The molecule has 1 atom stereocenters. The SMILES string of the molecule is C=CCC(=O)N(C(C)/C=C/C(C)C)S(=O)(=O)c1ccc(C)cc1. The van der Waals surface area contributed by atoms with Crippen molar-refractivity contribution in [3.63, 3.8) is 0 Å². The maximum Gasteiger partial charge on any atom is 0.267 e. The van der Waals surface area contributed by atoms with Crippen molar-refractivity contribution in [2.75, 3.05) is 0 Å². The molecule has 1 aromatic rings. The molecule has 1 unspecified atom stereocenters. The molecule has 0 bridgehead atoms. The fourth-order valence-corrected chi connectivity index (χ4v) is 3.64. The van der Waals surface area contributed by atoms with Crippen molar-refractivity contribution in [3.8, 4) is 0 Å². The lowest BCUT2D eigenvalue weighted by atomic mass is 10.1. The smallest absolute Gasteiger partial charge is 0.267 e. The first-order chi connectivity index (χ1) is 10.7. The van der Waals surface area contributed by atoms with E-state index in [2.05, 4.69) is 6.58 Å². The molecule has 0 fully saturated rings. The molecular formula is C18H25NO3S. The van der Waals surface area contributed by atoms with Gasteiger partial charge in [0.05, 0.1) is 10.9 Å². The Balaban J connectivity index is 3.29. The van der Waals surface area contributed by atoms with Gasteiger partial charge in [0.1, 0.15) is 0 Å². The highest BCUT2D eigenvalue weighted by atomic mass is 32.2. The molecule has 4 nitrogen and oxygen atoms in total. The van der Waals surface area contributed by atoms with E-state index < -0.39 is 22.0 Å². The highest BCUT2D eigenvalue weighted by molar-refractivity contribution is 7.89. The molecule has 23 heavy (non-hydrogen) atoms. The van der Waals surface area contributed by atoms with E-state index in [-0.39, 0.29) is 17.2 Å². The zero-order valence-electron chi connectivity index (χ0n) is 14.2. The van der Waals surface area contributed by atoms with Gasteiger partial charge in [0.2, 0.25) is 5.91 Å². The van der Waals surface area contributed by atoms with Gasteiger partial charge in [-0.1, -0.05) is 49.8 Å². The number of carbonyl (C=O) groups excluding carboxylic acids is 1. The van der Waals surface area contributed by atoms with Gasteiger partial charge < -0.3 is 0 Å². The van der Waals surface area contributed by atoms with Crippen molar-refractivity contribution in [3.05, 3.63) is 54.6 Å². The van der Waals surface area contributed by atoms with Crippen LogP contribution in [0.4, 0.5) is 0 Å². The van der Waals surface area contributed by atoms with Crippen LogP contribution in [0.1, 0.15) is 32.8 Å². The van der Waals surface area contributed by atoms with Crippen LogP contribution >= 0.6 is 0 Å². The van der Waals surface area contributed by atoms with Gasteiger partial charge in [-0.3, -0.25) is 4.79 Å². The largest absolute Gasteiger partial charge is 0.273 e. The van der Waals surface area contributed by atoms with E-state index >= 15 is 0 Å². The van der Waals surface area contributed by atoms with Gasteiger partial charge in [0.15, 0.2) is 0 Å². The molecular weight excluding hydrogens is 310 g/mol. The zero-order chi connectivity index (χ0) is 17.6. The van der Waals surface area contributed by atoms with Gasteiger partial charge in [0, 0.05) is 6.42 Å². The van der Waals surface area contributed by atoms with Crippen LogP contribution in [0.3, 0.4) is 0 Å². The summed E-state index contributed by atoms with van der Waals surface area (Å²) in [5.74, 6) is -0.211. The van der Waals surface area contributed by atoms with Crippen LogP contribution in [0.2, 0.25) is 0 Å². The molecule has 0 spiro atoms. The summed E-state index contributed by atoms with van der Waals surface area (Å²) in [6.07, 6.45) is 5.03. The third-order valence-electron chi connectivity index (χ3n) is 3.29. The molecule has 0 radical (unpaired) electrons. The van der Waals surface area contributed by atoms with Crippen LogP contribution in [0.5, 0.6) is 0 Å². The van der Waals surface area contributed by atoms with E-state index in [1.54, 1.807) is 25.1 Å². The van der Waals surface area contributed by atoms with Crippen molar-refractivity contribution in [1.29, 1.82) is 0 Å². The number of amides is 1. The number of hydrogen-bond acceptors (Lipinski definition) is 3. The molecule has 0 aliphatic carbocycles. The first-order valence-corrected chi connectivity index (χ1v) is 9.07. The molecule has 0 aliphatic heterocycles. The predicted octanol–water partition coefficient (Wildman–Crippen LogP) is 3.69. The van der Waals surface area contributed by atoms with E-state index in [0.29, 0.717) is 0 Å². The molecule has 5 heteroatoms. The molecule has 1 amide bonds. The number of nitrogens with zero attached hydrogens (tertiary/aromatic N) is 1. The van der Waals surface area contributed by atoms with Crippen molar-refractivity contribution >= 4 is 15.9 Å². The summed E-state index contributed by atoms with van der Waals surface area (Å²) >= 11 is 0. The van der Waals surface area contributed by atoms with E-state index in [1.807, 2.05) is 26.8 Å². The van der Waals surface area contributed by atoms with Gasteiger partial charge in [-0.25, -0.2) is 12.7 Å². The number of aryl methyl sites for hydroxylation is 1. The summed E-state index contributed by atoms with van der Waals surface area (Å²) in [5.41, 5.74) is 0.959. The fourth-order valence-electron chi connectivity index (χ4n) is 2.08. The monoisotopic (exact) mass is 335 g/mol. The number of sulfonamides is 1. The quantitative estimate of drug-likeness (QED) is 0.714. The van der Waals surface area contributed by atoms with E-state index in [9.17, 15) is 13.2 Å². The lowest BCUT2D eigenvalue weighted by Crippen LogP contribution is -2.42. The van der Waals surface area contributed by atoms with Crippen molar-refractivity contribution in [2.24, 2.45) is 5.92 Å². The van der Waals surface area contributed by atoms with Crippen LogP contribution in [-0.2, 0) is 14.8 Å². The van der Waals surface area contributed by atoms with Crippen LogP contribution in [-0.4, -0.2) is 24.7 Å². The first kappa shape index (κ1) is 19.2. The minimum Gasteiger partial charge on any atom is -0.273 e. The van der Waals surface area contributed by atoms with Crippen LogP contribution in [0.15, 0.2) is 54.0 Å². The van der Waals surface area contributed by atoms with Crippen LogP contribution in [0, 0.1) is 12.8 Å². The maximum absolute atomic E-state index is 12.9. The summed E-state index contributed by atoms with van der Waals surface area (Å²) in [7, 11) is -3.90.